The summed E-state index contributed by atoms with van der Waals surface area (Å²) in [6.07, 6.45) is 28.0. The van der Waals surface area contributed by atoms with Gasteiger partial charge in [0.1, 0.15) is 0 Å². The average Bonchev–Trinajstić information content (AvgIpc) is 2.71. The van der Waals surface area contributed by atoms with Crippen molar-refractivity contribution in [2.75, 3.05) is 0 Å². The molecule has 0 heteroatoms. The number of hydrogen-bond acceptors (Lipinski definition) is 0. The molecule has 0 aliphatic heterocycles. The Morgan fingerprint density at radius 3 is 0.357 bits per heavy atom. The van der Waals surface area contributed by atoms with Crippen molar-refractivity contribution in [1.29, 1.82) is 0 Å². The molecule has 0 saturated carbocycles. The fourth-order valence-corrected chi connectivity index (χ4v) is 2.71. The SMILES string of the molecule is CCCCCCC.CCCCCCC.CCCCCCC.CCCCCCC. The van der Waals surface area contributed by atoms with Crippen LogP contribution in [0.4, 0.5) is 0 Å². The summed E-state index contributed by atoms with van der Waals surface area (Å²) in [5, 5.41) is 0. The fourth-order valence-electron chi connectivity index (χ4n) is 2.71. The second kappa shape index (κ2) is 45.6. The van der Waals surface area contributed by atoms with Crippen molar-refractivity contribution in [3.05, 3.63) is 0 Å². The molecule has 0 rings (SSSR count). The third-order valence-electron chi connectivity index (χ3n) is 4.83. The summed E-state index contributed by atoms with van der Waals surface area (Å²) in [6.45, 7) is 18.0. The molecule has 28 heavy (non-hydrogen) atoms. The van der Waals surface area contributed by atoms with E-state index in [2.05, 4.69) is 55.4 Å². The summed E-state index contributed by atoms with van der Waals surface area (Å²) >= 11 is 0. The molecule has 0 nitrogen and oxygen atoms in total. The molecule has 0 atom stereocenters. The molecular formula is C28H64. The molecule has 0 aromatic rings. The Morgan fingerprint density at radius 1 is 0.179 bits per heavy atom. The first-order chi connectivity index (χ1) is 13.7. The van der Waals surface area contributed by atoms with Gasteiger partial charge in [0.2, 0.25) is 0 Å². The Hall–Kier alpha value is 0. The van der Waals surface area contributed by atoms with Crippen molar-refractivity contribution >= 4 is 0 Å². The predicted octanol–water partition coefficient (Wildman–Crippen LogP) is 11.9. The molecule has 0 bridgehead atoms. The summed E-state index contributed by atoms with van der Waals surface area (Å²) in [5.41, 5.74) is 0. The minimum absolute atomic E-state index is 1.36. The van der Waals surface area contributed by atoms with Gasteiger partial charge in [0.05, 0.1) is 0 Å². The highest BCUT2D eigenvalue weighted by Crippen LogP contribution is 2.01. The minimum atomic E-state index is 1.36. The van der Waals surface area contributed by atoms with Crippen LogP contribution in [0, 0.1) is 0 Å². The highest BCUT2D eigenvalue weighted by Gasteiger charge is 1.82. The Bertz CT molecular complexity index is 117. The molecular weight excluding hydrogens is 336 g/mol. The summed E-state index contributed by atoms with van der Waals surface area (Å²) in [4.78, 5) is 0. The molecule has 176 valence electrons. The first kappa shape index (κ1) is 35.4. The zero-order valence-corrected chi connectivity index (χ0v) is 22.1. The third-order valence-corrected chi connectivity index (χ3v) is 4.83. The Labute approximate surface area is 184 Å². The maximum atomic E-state index is 2.25. The van der Waals surface area contributed by atoms with Crippen LogP contribution in [0.2, 0.25) is 0 Å². The molecule has 0 heterocycles. The van der Waals surface area contributed by atoms with E-state index in [4.69, 9.17) is 0 Å². The molecule has 0 aromatic heterocycles. The van der Waals surface area contributed by atoms with Crippen molar-refractivity contribution in [1.82, 2.24) is 0 Å². The maximum Gasteiger partial charge on any atom is -0.0533 e. The highest BCUT2D eigenvalue weighted by molar-refractivity contribution is 4.37. The molecule has 0 radical (unpaired) electrons. The van der Waals surface area contributed by atoms with Crippen LogP contribution in [0.3, 0.4) is 0 Å². The van der Waals surface area contributed by atoms with E-state index >= 15 is 0 Å². The topological polar surface area (TPSA) is 0 Å². The van der Waals surface area contributed by atoms with Gasteiger partial charge in [0.25, 0.3) is 0 Å². The van der Waals surface area contributed by atoms with Crippen LogP contribution in [-0.4, -0.2) is 0 Å². The molecule has 0 amide bonds. The lowest BCUT2D eigenvalue weighted by Gasteiger charge is -1.90. The van der Waals surface area contributed by atoms with Crippen LogP contribution in [0.5, 0.6) is 0 Å². The molecule has 0 aliphatic rings. The van der Waals surface area contributed by atoms with E-state index in [0.717, 1.165) is 0 Å². The predicted molar refractivity (Wildman–Crippen MR) is 138 cm³/mol. The van der Waals surface area contributed by atoms with Crippen molar-refractivity contribution in [3.8, 4) is 0 Å². The van der Waals surface area contributed by atoms with Gasteiger partial charge in [-0.15, -0.1) is 0 Å². The van der Waals surface area contributed by atoms with Crippen molar-refractivity contribution in [2.24, 2.45) is 0 Å². The van der Waals surface area contributed by atoms with Gasteiger partial charge in [0, 0.05) is 0 Å². The van der Waals surface area contributed by atoms with Gasteiger partial charge >= 0.3 is 0 Å². The molecule has 0 fully saturated rings. The van der Waals surface area contributed by atoms with E-state index in [9.17, 15) is 0 Å². The first-order valence-electron chi connectivity index (χ1n) is 13.7. The first-order valence-corrected chi connectivity index (χ1v) is 13.7. The summed E-state index contributed by atoms with van der Waals surface area (Å²) in [7, 11) is 0. The fraction of sp³-hybridized carbons (Fsp3) is 1.00. The number of rotatable bonds is 16. The third kappa shape index (κ3) is 63.5. The normalized spacial score (nSPS) is 9.43. The van der Waals surface area contributed by atoms with E-state index in [1.165, 1.54) is 128 Å². The zero-order chi connectivity index (χ0) is 22.1. The number of unbranched alkanes of at least 4 members (excludes halogenated alkanes) is 16. The van der Waals surface area contributed by atoms with Gasteiger partial charge in [-0.3, -0.25) is 0 Å². The smallest absolute Gasteiger partial charge is 0.0533 e. The lowest BCUT2D eigenvalue weighted by Crippen LogP contribution is -1.70. The largest absolute Gasteiger partial charge is 0.0654 e. The van der Waals surface area contributed by atoms with Crippen LogP contribution in [0.15, 0.2) is 0 Å². The van der Waals surface area contributed by atoms with E-state index in [0.29, 0.717) is 0 Å². The van der Waals surface area contributed by atoms with Gasteiger partial charge in [-0.2, -0.15) is 0 Å². The van der Waals surface area contributed by atoms with Crippen LogP contribution >= 0.6 is 0 Å². The monoisotopic (exact) mass is 401 g/mol. The standard InChI is InChI=1S/4C7H16/c4*1-3-5-7-6-4-2/h4*3-7H2,1-2H3. The maximum absolute atomic E-state index is 2.25. The van der Waals surface area contributed by atoms with E-state index in [1.807, 2.05) is 0 Å². The Morgan fingerprint density at radius 2 is 0.286 bits per heavy atom. The van der Waals surface area contributed by atoms with Gasteiger partial charge in [-0.25, -0.2) is 0 Å². The minimum Gasteiger partial charge on any atom is -0.0654 e. The number of hydrogen-bond donors (Lipinski definition) is 0. The molecule has 0 N–H and O–H groups in total. The Kier molecular flexibility index (Phi) is 57.8. The molecule has 0 aliphatic carbocycles. The van der Waals surface area contributed by atoms with Crippen molar-refractivity contribution < 1.29 is 0 Å². The zero-order valence-electron chi connectivity index (χ0n) is 22.1. The van der Waals surface area contributed by atoms with Gasteiger partial charge in [-0.05, 0) is 0 Å². The molecule has 0 aromatic carbocycles. The summed E-state index contributed by atoms with van der Waals surface area (Å²) in [5.74, 6) is 0. The average molecular weight is 401 g/mol. The van der Waals surface area contributed by atoms with E-state index in [-0.39, 0.29) is 0 Å². The summed E-state index contributed by atoms with van der Waals surface area (Å²) < 4.78 is 0. The second-order valence-corrected chi connectivity index (χ2v) is 8.24. The molecule has 0 unspecified atom stereocenters. The van der Waals surface area contributed by atoms with E-state index in [1.54, 1.807) is 0 Å². The second-order valence-electron chi connectivity index (χ2n) is 8.24. The lowest BCUT2D eigenvalue weighted by atomic mass is 10.2. The van der Waals surface area contributed by atoms with Crippen LogP contribution < -0.4 is 0 Å². The van der Waals surface area contributed by atoms with Gasteiger partial charge in [-0.1, -0.05) is 184 Å². The van der Waals surface area contributed by atoms with Crippen molar-refractivity contribution in [2.45, 2.75) is 184 Å². The van der Waals surface area contributed by atoms with Gasteiger partial charge < -0.3 is 0 Å². The van der Waals surface area contributed by atoms with E-state index < -0.39 is 0 Å². The quantitative estimate of drug-likeness (QED) is 0.226. The Balaban J connectivity index is -0.000000137. The van der Waals surface area contributed by atoms with Crippen LogP contribution in [0.25, 0.3) is 0 Å². The molecule has 0 saturated heterocycles. The van der Waals surface area contributed by atoms with Crippen LogP contribution in [0.1, 0.15) is 184 Å². The van der Waals surface area contributed by atoms with Gasteiger partial charge in [0.15, 0.2) is 0 Å². The highest BCUT2D eigenvalue weighted by atomic mass is 13.9. The van der Waals surface area contributed by atoms with Crippen molar-refractivity contribution in [3.63, 3.8) is 0 Å². The van der Waals surface area contributed by atoms with Crippen LogP contribution in [-0.2, 0) is 0 Å². The summed E-state index contributed by atoms with van der Waals surface area (Å²) in [6, 6.07) is 0. The lowest BCUT2D eigenvalue weighted by molar-refractivity contribution is 0.656. The molecule has 0 spiro atoms.